The van der Waals surface area contributed by atoms with E-state index >= 15 is 0 Å². The number of aliphatic hydroxyl groups excluding tert-OH is 2. The molecule has 236 valence electrons. The van der Waals surface area contributed by atoms with Crippen LogP contribution >= 0.6 is 0 Å². The third-order valence-electron chi connectivity index (χ3n) is 8.67. The molecule has 0 saturated carbocycles. The number of nitrogens with two attached hydrogens (primary N) is 2. The molecule has 0 aliphatic carbocycles. The normalized spacial score (nSPS) is 29.1. The maximum atomic E-state index is 12.4. The molecular weight excluding hydrogens is 608 g/mol. The molecule has 8 N–H and O–H groups in total. The number of nitrogen functional groups attached to an aromatic ring is 2. The second kappa shape index (κ2) is 9.46. The number of aromatic amines is 2. The molecule has 8 atom stereocenters. The van der Waals surface area contributed by atoms with Crippen molar-refractivity contribution in [1.29, 1.82) is 0 Å². The summed E-state index contributed by atoms with van der Waals surface area (Å²) in [4.78, 5) is 46.2. The molecule has 9 rings (SSSR count). The summed E-state index contributed by atoms with van der Waals surface area (Å²) in [5.41, 5.74) is 11.9. The van der Waals surface area contributed by atoms with E-state index in [0.717, 1.165) is 0 Å². The van der Waals surface area contributed by atoms with Gasteiger partial charge in [-0.1, -0.05) is 10.4 Å². The van der Waals surface area contributed by atoms with Gasteiger partial charge in [0.1, 0.15) is 24.3 Å². The molecule has 2 saturated heterocycles. The number of rotatable bonds is 2. The van der Waals surface area contributed by atoms with E-state index in [1.165, 1.54) is 31.2 Å². The number of aliphatic hydroxyl groups is 2. The third kappa shape index (κ3) is 3.84. The fourth-order valence-corrected chi connectivity index (χ4v) is 6.69. The van der Waals surface area contributed by atoms with E-state index in [0.29, 0.717) is 11.4 Å². The first-order valence-electron chi connectivity index (χ1n) is 14.2. The minimum atomic E-state index is -1.18. The smallest absolute Gasteiger partial charge is 0.280 e. The van der Waals surface area contributed by atoms with Crippen molar-refractivity contribution < 1.29 is 19.7 Å². The highest BCUT2D eigenvalue weighted by Crippen LogP contribution is 2.42. The van der Waals surface area contributed by atoms with E-state index in [1.807, 2.05) is 0 Å². The van der Waals surface area contributed by atoms with Crippen LogP contribution < -0.4 is 22.6 Å². The highest BCUT2D eigenvalue weighted by molar-refractivity contribution is 5.71. The van der Waals surface area contributed by atoms with Gasteiger partial charge in [-0.15, -0.1) is 10.2 Å². The van der Waals surface area contributed by atoms with E-state index in [9.17, 15) is 19.8 Å². The van der Waals surface area contributed by atoms with Crippen LogP contribution in [-0.4, -0.2) is 104 Å². The molecule has 46 heavy (non-hydrogen) atoms. The number of imidazole rings is 2. The van der Waals surface area contributed by atoms with Crippen LogP contribution in [0.3, 0.4) is 0 Å². The fraction of sp³-hybridized carbons (Fsp3) is 0.417. The fourth-order valence-electron chi connectivity index (χ4n) is 6.69. The van der Waals surface area contributed by atoms with E-state index in [4.69, 9.17) is 20.9 Å². The second-order valence-electron chi connectivity index (χ2n) is 11.4. The summed E-state index contributed by atoms with van der Waals surface area (Å²) in [6.45, 7) is 0. The van der Waals surface area contributed by atoms with Gasteiger partial charge < -0.3 is 31.2 Å². The molecule has 6 aromatic rings. The van der Waals surface area contributed by atoms with Gasteiger partial charge in [-0.2, -0.15) is 9.97 Å². The lowest BCUT2D eigenvalue weighted by Crippen LogP contribution is -2.32. The average Bonchev–Trinajstić information content (AvgIpc) is 3.84. The van der Waals surface area contributed by atoms with Crippen molar-refractivity contribution in [2.24, 2.45) is 0 Å². The molecule has 0 spiro atoms. The number of ether oxygens (including phenoxy) is 2. The van der Waals surface area contributed by atoms with Gasteiger partial charge in [0.15, 0.2) is 34.8 Å². The van der Waals surface area contributed by atoms with Gasteiger partial charge in [0.25, 0.3) is 11.1 Å². The number of hydrogen-bond donors (Lipinski definition) is 6. The lowest BCUT2D eigenvalue weighted by Gasteiger charge is -2.21. The second-order valence-corrected chi connectivity index (χ2v) is 11.4. The lowest BCUT2D eigenvalue weighted by atomic mass is 10.0. The molecule has 0 unspecified atom stereocenters. The van der Waals surface area contributed by atoms with Crippen molar-refractivity contribution in [2.45, 2.75) is 61.8 Å². The minimum Gasteiger partial charge on any atom is -0.386 e. The van der Waals surface area contributed by atoms with Gasteiger partial charge in [-0.05, 0) is 0 Å². The summed E-state index contributed by atoms with van der Waals surface area (Å²) in [6, 6.07) is -1.48. The van der Waals surface area contributed by atoms with E-state index in [-0.39, 0.29) is 47.1 Å². The summed E-state index contributed by atoms with van der Waals surface area (Å²) < 4.78 is 18.7. The van der Waals surface area contributed by atoms with Crippen molar-refractivity contribution in [2.75, 3.05) is 11.5 Å². The summed E-state index contributed by atoms with van der Waals surface area (Å²) in [5.74, 6) is -0.216. The molecule has 22 heteroatoms. The Hall–Kier alpha value is -5.58. The summed E-state index contributed by atoms with van der Waals surface area (Å²) in [7, 11) is 0. The first kappa shape index (κ1) is 26.8. The number of nitrogens with zero attached hydrogens (tertiary/aromatic N) is 12. The van der Waals surface area contributed by atoms with Crippen LogP contribution in [0.5, 0.6) is 0 Å². The van der Waals surface area contributed by atoms with Crippen molar-refractivity contribution in [3.8, 4) is 0 Å². The Morgan fingerprint density at radius 3 is 1.61 bits per heavy atom. The van der Waals surface area contributed by atoms with Gasteiger partial charge in [0.05, 0.1) is 36.3 Å². The monoisotopic (exact) mass is 632 g/mol. The number of hydrogen-bond acceptors (Lipinski definition) is 16. The SMILES string of the molecule is Nc1nc2c(ncn2[C@@H]2O[C@@H]3Cc4cn(nn4)[C@H]4[C@@H](O)[C@H](n5cnc6c(=O)[nH]c(N)nc65)O[C@@H]4Cc4cn(nn4)[C@H]3[C@H]2O)c(=O)[nH]1. The van der Waals surface area contributed by atoms with Crippen molar-refractivity contribution in [3.05, 3.63) is 57.1 Å². The van der Waals surface area contributed by atoms with Crippen molar-refractivity contribution in [3.63, 3.8) is 0 Å². The average molecular weight is 633 g/mol. The Morgan fingerprint density at radius 1 is 0.739 bits per heavy atom. The number of anilines is 2. The Morgan fingerprint density at radius 2 is 1.17 bits per heavy atom. The number of H-pyrrole nitrogens is 2. The molecule has 0 aromatic carbocycles. The Kier molecular flexibility index (Phi) is 5.51. The Bertz CT molecular complexity index is 2110. The van der Waals surface area contributed by atoms with Crippen LogP contribution in [-0.2, 0) is 22.3 Å². The quantitative estimate of drug-likeness (QED) is 0.109. The van der Waals surface area contributed by atoms with Gasteiger partial charge in [0, 0.05) is 25.2 Å². The van der Waals surface area contributed by atoms with Crippen LogP contribution in [0.15, 0.2) is 34.6 Å². The molecule has 3 aliphatic heterocycles. The van der Waals surface area contributed by atoms with E-state index in [2.05, 4.69) is 50.5 Å². The van der Waals surface area contributed by atoms with Crippen LogP contribution in [0.2, 0.25) is 0 Å². The largest absolute Gasteiger partial charge is 0.386 e. The van der Waals surface area contributed by atoms with E-state index in [1.54, 1.807) is 12.4 Å². The summed E-state index contributed by atoms with van der Waals surface area (Å²) in [5, 5.41) is 40.5. The van der Waals surface area contributed by atoms with Crippen LogP contribution in [0, 0.1) is 0 Å². The number of nitrogens with one attached hydrogen (secondary N) is 2. The molecule has 9 heterocycles. The topological polar surface area (TPSA) is 300 Å². The summed E-state index contributed by atoms with van der Waals surface area (Å²) in [6.07, 6.45) is 0.690. The lowest BCUT2D eigenvalue weighted by molar-refractivity contribution is -0.0347. The Labute approximate surface area is 253 Å². The molecule has 0 amide bonds. The molecule has 6 aromatic heterocycles. The van der Waals surface area contributed by atoms with Crippen LogP contribution in [0.25, 0.3) is 22.3 Å². The van der Waals surface area contributed by atoms with Gasteiger partial charge in [-0.3, -0.25) is 28.7 Å². The number of fused-ring (bicyclic) bond motifs is 10. The third-order valence-corrected chi connectivity index (χ3v) is 8.67. The van der Waals surface area contributed by atoms with Gasteiger partial charge in [0.2, 0.25) is 11.9 Å². The Balaban J connectivity index is 1.09. The maximum Gasteiger partial charge on any atom is 0.280 e. The number of aromatic nitrogens is 14. The maximum absolute atomic E-state index is 12.4. The van der Waals surface area contributed by atoms with E-state index < -0.39 is 60.1 Å². The highest BCUT2D eigenvalue weighted by atomic mass is 16.5. The zero-order chi connectivity index (χ0) is 31.4. The van der Waals surface area contributed by atoms with Crippen LogP contribution in [0.1, 0.15) is 35.9 Å². The predicted octanol–water partition coefficient (Wildman–Crippen LogP) is -3.30. The molecule has 3 aliphatic rings. The molecule has 2 fully saturated rings. The zero-order valence-corrected chi connectivity index (χ0v) is 23.4. The first-order chi connectivity index (χ1) is 22.2. The zero-order valence-electron chi connectivity index (χ0n) is 23.4. The predicted molar refractivity (Wildman–Crippen MR) is 150 cm³/mol. The molecule has 4 bridgehead atoms. The van der Waals surface area contributed by atoms with Crippen LogP contribution in [0.4, 0.5) is 11.9 Å². The van der Waals surface area contributed by atoms with Gasteiger partial charge in [-0.25, -0.2) is 19.3 Å². The summed E-state index contributed by atoms with van der Waals surface area (Å²) >= 11 is 0. The van der Waals surface area contributed by atoms with Crippen molar-refractivity contribution in [1.82, 2.24) is 69.0 Å². The molecule has 0 radical (unpaired) electrons. The minimum absolute atomic E-state index is 0.0417. The molecular formula is C24H24N16O6. The molecule has 22 nitrogen and oxygen atoms in total. The standard InChI is InChI=1S/C24H24N16O6/c25-23-29-17-11(19(43)31-23)27-5-37(17)21-15(41)13-9(45-21)1-7-3-39(35-33-7)14-10(2-8-4-40(13)36-34-8)46-22(16(14)42)38-6-28-12-18(38)30-24(26)32-20(12)44/h3-6,9-10,13-16,21-22,41-42H,1-2H2,(H3,25,29,31,43)(H3,26,30,32,44)/t9-,10-,13-,14-,15-,16-,21-,22-/m1/s1. The van der Waals surface area contributed by atoms with Gasteiger partial charge >= 0.3 is 0 Å². The first-order valence-corrected chi connectivity index (χ1v) is 14.2. The highest BCUT2D eigenvalue weighted by Gasteiger charge is 2.50. The van der Waals surface area contributed by atoms with Crippen molar-refractivity contribution >= 4 is 34.2 Å².